The molecule has 2 aliphatic heterocycles. The van der Waals surface area contributed by atoms with Crippen LogP contribution in [-0.4, -0.2) is 22.3 Å². The van der Waals surface area contributed by atoms with Gasteiger partial charge >= 0.3 is 0 Å². The highest BCUT2D eigenvalue weighted by Gasteiger charge is 2.48. The van der Waals surface area contributed by atoms with Crippen molar-refractivity contribution in [2.24, 2.45) is 0 Å². The molecule has 0 unspecified atom stereocenters. The van der Waals surface area contributed by atoms with E-state index in [0.717, 1.165) is 25.8 Å². The van der Waals surface area contributed by atoms with Crippen molar-refractivity contribution in [3.63, 3.8) is 0 Å². The number of aromatic amines is 1. The molecule has 1 N–H and O–H groups in total. The van der Waals surface area contributed by atoms with Gasteiger partial charge in [-0.2, -0.15) is 0 Å². The summed E-state index contributed by atoms with van der Waals surface area (Å²) in [5.74, 6) is 0.292. The van der Waals surface area contributed by atoms with Crippen LogP contribution in [-0.2, 0) is 16.8 Å². The summed E-state index contributed by atoms with van der Waals surface area (Å²) >= 11 is 0. The molecule has 0 bridgehead atoms. The molecule has 1 aromatic heterocycles. The molecule has 1 saturated heterocycles. The van der Waals surface area contributed by atoms with E-state index in [1.54, 1.807) is 0 Å². The topological polar surface area (TPSA) is 36.1 Å². The van der Waals surface area contributed by atoms with E-state index in [1.807, 2.05) is 12.3 Å². The molecule has 1 amide bonds. The highest BCUT2D eigenvalue weighted by Crippen LogP contribution is 2.46. The van der Waals surface area contributed by atoms with Crippen LogP contribution in [0.3, 0.4) is 0 Å². The zero-order valence-corrected chi connectivity index (χ0v) is 11.4. The van der Waals surface area contributed by atoms with Gasteiger partial charge < -0.3 is 9.88 Å². The Balaban J connectivity index is 1.97. The Morgan fingerprint density at radius 2 is 1.95 bits per heavy atom. The normalized spacial score (nSPS) is 25.2. The molecule has 102 valence electrons. The SMILES string of the molecule is O=C1CCC[C@]2(c3ccccc3)c3[nH]ccc3CCN12. The number of amides is 1. The second-order valence-corrected chi connectivity index (χ2v) is 5.75. The third-order valence-corrected chi connectivity index (χ3v) is 4.79. The minimum Gasteiger partial charge on any atom is -0.363 e. The number of benzene rings is 1. The standard InChI is InChI=1S/C17H18N2O/c20-15-7-4-10-17(14-5-2-1-3-6-14)16-13(8-11-18-16)9-12-19(15)17/h1-3,5-6,8,11,18H,4,7,9-10,12H2/t17-/m0/s1. The first-order chi connectivity index (χ1) is 9.82. The summed E-state index contributed by atoms with van der Waals surface area (Å²) in [5, 5.41) is 0. The Morgan fingerprint density at radius 1 is 1.10 bits per heavy atom. The van der Waals surface area contributed by atoms with Crippen molar-refractivity contribution in [3.8, 4) is 0 Å². The van der Waals surface area contributed by atoms with Crippen LogP contribution in [0.2, 0.25) is 0 Å². The number of hydrogen-bond acceptors (Lipinski definition) is 1. The Labute approximate surface area is 118 Å². The minimum absolute atomic E-state index is 0.270. The summed E-state index contributed by atoms with van der Waals surface area (Å²) in [6.45, 7) is 0.832. The van der Waals surface area contributed by atoms with Gasteiger partial charge in [0.15, 0.2) is 0 Å². The van der Waals surface area contributed by atoms with Gasteiger partial charge in [0.05, 0.1) is 0 Å². The van der Waals surface area contributed by atoms with Crippen molar-refractivity contribution in [1.29, 1.82) is 0 Å². The van der Waals surface area contributed by atoms with E-state index < -0.39 is 0 Å². The highest BCUT2D eigenvalue weighted by molar-refractivity contribution is 5.79. The zero-order valence-electron chi connectivity index (χ0n) is 11.4. The molecule has 3 nitrogen and oxygen atoms in total. The number of nitrogens with zero attached hydrogens (tertiary/aromatic N) is 1. The number of carbonyl (C=O) groups excluding carboxylic acids is 1. The van der Waals surface area contributed by atoms with E-state index in [-0.39, 0.29) is 5.54 Å². The number of fused-ring (bicyclic) bond motifs is 3. The maximum atomic E-state index is 12.5. The van der Waals surface area contributed by atoms with Crippen molar-refractivity contribution < 1.29 is 4.79 Å². The molecule has 0 spiro atoms. The molecule has 20 heavy (non-hydrogen) atoms. The second kappa shape index (κ2) is 4.23. The molecule has 3 heteroatoms. The van der Waals surface area contributed by atoms with Crippen LogP contribution < -0.4 is 0 Å². The van der Waals surface area contributed by atoms with Crippen molar-refractivity contribution in [2.75, 3.05) is 6.54 Å². The zero-order chi connectivity index (χ0) is 13.6. The summed E-state index contributed by atoms with van der Waals surface area (Å²) in [6.07, 6.45) is 5.63. The number of carbonyl (C=O) groups is 1. The van der Waals surface area contributed by atoms with E-state index in [9.17, 15) is 4.79 Å². The van der Waals surface area contributed by atoms with Crippen molar-refractivity contribution >= 4 is 5.91 Å². The molecule has 2 aromatic rings. The van der Waals surface area contributed by atoms with Gasteiger partial charge in [-0.1, -0.05) is 30.3 Å². The number of hydrogen-bond donors (Lipinski definition) is 1. The third-order valence-electron chi connectivity index (χ3n) is 4.79. The smallest absolute Gasteiger partial charge is 0.223 e. The van der Waals surface area contributed by atoms with Crippen LogP contribution in [0.1, 0.15) is 36.1 Å². The van der Waals surface area contributed by atoms with E-state index in [0.29, 0.717) is 12.3 Å². The van der Waals surface area contributed by atoms with Crippen LogP contribution in [0.4, 0.5) is 0 Å². The number of aromatic nitrogens is 1. The van der Waals surface area contributed by atoms with Gasteiger partial charge in [0, 0.05) is 24.9 Å². The Bertz CT molecular complexity index is 646. The minimum atomic E-state index is -0.270. The second-order valence-electron chi connectivity index (χ2n) is 5.75. The average molecular weight is 266 g/mol. The van der Waals surface area contributed by atoms with Gasteiger partial charge in [-0.25, -0.2) is 0 Å². The fourth-order valence-corrected chi connectivity index (χ4v) is 3.94. The van der Waals surface area contributed by atoms with E-state index in [2.05, 4.69) is 40.2 Å². The predicted molar refractivity (Wildman–Crippen MR) is 77.3 cm³/mol. The van der Waals surface area contributed by atoms with Gasteiger partial charge in [0.1, 0.15) is 5.54 Å². The number of H-pyrrole nitrogens is 1. The summed E-state index contributed by atoms with van der Waals surface area (Å²) < 4.78 is 0. The van der Waals surface area contributed by atoms with Gasteiger partial charge in [0.2, 0.25) is 5.91 Å². The molecule has 1 aromatic carbocycles. The number of nitrogens with one attached hydrogen (secondary N) is 1. The number of rotatable bonds is 1. The van der Waals surface area contributed by atoms with Crippen LogP contribution in [0, 0.1) is 0 Å². The van der Waals surface area contributed by atoms with Crippen LogP contribution in [0.5, 0.6) is 0 Å². The first-order valence-electron chi connectivity index (χ1n) is 7.35. The predicted octanol–water partition coefficient (Wildman–Crippen LogP) is 2.83. The van der Waals surface area contributed by atoms with E-state index >= 15 is 0 Å². The van der Waals surface area contributed by atoms with Gasteiger partial charge in [-0.15, -0.1) is 0 Å². The Hall–Kier alpha value is -2.03. The molecule has 1 fully saturated rings. The number of piperidine rings is 1. The lowest BCUT2D eigenvalue weighted by Crippen LogP contribution is -2.56. The fourth-order valence-electron chi connectivity index (χ4n) is 3.94. The molecule has 0 radical (unpaired) electrons. The van der Waals surface area contributed by atoms with Gasteiger partial charge in [-0.3, -0.25) is 4.79 Å². The summed E-state index contributed by atoms with van der Waals surface area (Å²) in [4.78, 5) is 18.0. The lowest BCUT2D eigenvalue weighted by Gasteiger charge is -2.50. The maximum absolute atomic E-state index is 12.5. The Kier molecular flexibility index (Phi) is 2.49. The quantitative estimate of drug-likeness (QED) is 0.846. The first-order valence-corrected chi connectivity index (χ1v) is 7.35. The van der Waals surface area contributed by atoms with Crippen LogP contribution >= 0.6 is 0 Å². The first kappa shape index (κ1) is 11.8. The molecule has 1 atom stereocenters. The molecule has 0 aliphatic carbocycles. The maximum Gasteiger partial charge on any atom is 0.223 e. The van der Waals surface area contributed by atoms with Crippen molar-refractivity contribution in [1.82, 2.24) is 9.88 Å². The monoisotopic (exact) mass is 266 g/mol. The third kappa shape index (κ3) is 1.43. The van der Waals surface area contributed by atoms with Crippen molar-refractivity contribution in [2.45, 2.75) is 31.2 Å². The molecule has 0 saturated carbocycles. The lowest BCUT2D eigenvalue weighted by atomic mass is 9.74. The molecule has 3 heterocycles. The van der Waals surface area contributed by atoms with Gasteiger partial charge in [0.25, 0.3) is 0 Å². The fraction of sp³-hybridized carbons (Fsp3) is 0.353. The van der Waals surface area contributed by atoms with Gasteiger partial charge in [-0.05, 0) is 36.5 Å². The van der Waals surface area contributed by atoms with Crippen LogP contribution in [0.15, 0.2) is 42.6 Å². The average Bonchev–Trinajstić information content (AvgIpc) is 2.97. The summed E-state index contributed by atoms with van der Waals surface area (Å²) in [6, 6.07) is 12.6. The van der Waals surface area contributed by atoms with Crippen LogP contribution in [0.25, 0.3) is 0 Å². The van der Waals surface area contributed by atoms with Crippen molar-refractivity contribution in [3.05, 3.63) is 59.4 Å². The Morgan fingerprint density at radius 3 is 2.80 bits per heavy atom. The molecule has 2 aliphatic rings. The molecular formula is C17H18N2O. The largest absolute Gasteiger partial charge is 0.363 e. The lowest BCUT2D eigenvalue weighted by molar-refractivity contribution is -0.141. The molecule has 4 rings (SSSR count). The summed E-state index contributed by atoms with van der Waals surface area (Å²) in [7, 11) is 0. The van der Waals surface area contributed by atoms with E-state index in [1.165, 1.54) is 16.8 Å². The molecular weight excluding hydrogens is 248 g/mol. The van der Waals surface area contributed by atoms with E-state index in [4.69, 9.17) is 0 Å². The highest BCUT2D eigenvalue weighted by atomic mass is 16.2. The summed E-state index contributed by atoms with van der Waals surface area (Å²) in [5.41, 5.74) is 3.55.